The van der Waals surface area contributed by atoms with Gasteiger partial charge in [-0.15, -0.1) is 11.6 Å². The fraction of sp³-hybridized carbons (Fsp3) is 0.200. The van der Waals surface area contributed by atoms with Crippen LogP contribution in [0.3, 0.4) is 0 Å². The van der Waals surface area contributed by atoms with Gasteiger partial charge < -0.3 is 4.57 Å². The third-order valence-corrected chi connectivity index (χ3v) is 2.23. The highest BCUT2D eigenvalue weighted by molar-refractivity contribution is 6.17. The minimum Gasteiger partial charge on any atom is -0.304 e. The zero-order valence-corrected chi connectivity index (χ0v) is 8.24. The van der Waals surface area contributed by atoms with Crippen LogP contribution in [-0.2, 0) is 6.54 Å². The fourth-order valence-corrected chi connectivity index (χ4v) is 1.60. The number of benzene rings is 1. The van der Waals surface area contributed by atoms with Crippen molar-refractivity contribution in [1.82, 2.24) is 9.55 Å². The Morgan fingerprint density at radius 1 is 1.36 bits per heavy atom. The van der Waals surface area contributed by atoms with Gasteiger partial charge in [-0.3, -0.25) is 4.79 Å². The maximum Gasteiger partial charge on any atom is 0.269 e. The Labute approximate surface area is 86.0 Å². The third kappa shape index (κ3) is 1.51. The van der Waals surface area contributed by atoms with Gasteiger partial charge in [0.15, 0.2) is 0 Å². The number of fused-ring (bicyclic) bond motifs is 1. The minimum atomic E-state index is -0.107. The van der Waals surface area contributed by atoms with Crippen molar-refractivity contribution < 1.29 is 0 Å². The summed E-state index contributed by atoms with van der Waals surface area (Å²) in [5.74, 6) is 0.425. The van der Waals surface area contributed by atoms with Gasteiger partial charge in [0.05, 0.1) is 17.2 Å². The van der Waals surface area contributed by atoms with Crippen molar-refractivity contribution in [2.24, 2.45) is 0 Å². The van der Waals surface area contributed by atoms with Crippen molar-refractivity contribution in [2.75, 3.05) is 5.88 Å². The van der Waals surface area contributed by atoms with E-state index in [0.717, 1.165) is 11.0 Å². The average Bonchev–Trinajstić information content (AvgIpc) is 2.23. The third-order valence-electron chi connectivity index (χ3n) is 2.06. The smallest absolute Gasteiger partial charge is 0.269 e. The molecule has 0 amide bonds. The Morgan fingerprint density at radius 3 is 2.93 bits per heavy atom. The second kappa shape index (κ2) is 3.80. The average molecular weight is 209 g/mol. The van der Waals surface area contributed by atoms with E-state index in [9.17, 15) is 4.79 Å². The molecule has 0 bridgehead atoms. The summed E-state index contributed by atoms with van der Waals surface area (Å²) >= 11 is 5.63. The van der Waals surface area contributed by atoms with E-state index in [4.69, 9.17) is 11.6 Å². The molecule has 0 saturated carbocycles. The molecule has 0 spiro atoms. The summed E-state index contributed by atoms with van der Waals surface area (Å²) in [4.78, 5) is 15.5. The zero-order valence-electron chi connectivity index (χ0n) is 7.48. The highest BCUT2D eigenvalue weighted by Crippen LogP contribution is 2.07. The molecule has 2 aromatic rings. The van der Waals surface area contributed by atoms with Gasteiger partial charge in [0.2, 0.25) is 0 Å². The van der Waals surface area contributed by atoms with Crippen LogP contribution in [-0.4, -0.2) is 15.4 Å². The zero-order chi connectivity index (χ0) is 9.97. The molecule has 0 aliphatic carbocycles. The first kappa shape index (κ1) is 9.21. The maximum absolute atomic E-state index is 11.5. The van der Waals surface area contributed by atoms with E-state index in [-0.39, 0.29) is 5.56 Å². The number of nitrogens with zero attached hydrogens (tertiary/aromatic N) is 2. The van der Waals surface area contributed by atoms with Crippen molar-refractivity contribution in [1.29, 1.82) is 0 Å². The van der Waals surface area contributed by atoms with Crippen molar-refractivity contribution in [3.8, 4) is 0 Å². The second-order valence-electron chi connectivity index (χ2n) is 2.93. The van der Waals surface area contributed by atoms with E-state index in [2.05, 4.69) is 4.98 Å². The standard InChI is InChI=1S/C10H9ClN2O/c11-5-6-13-9-4-2-1-3-8(9)12-7-10(13)14/h1-4,7H,5-6H2. The Kier molecular flexibility index (Phi) is 2.50. The molecule has 2 rings (SSSR count). The van der Waals surface area contributed by atoms with Crippen LogP contribution in [0.25, 0.3) is 11.0 Å². The normalized spacial score (nSPS) is 10.6. The number of hydrogen-bond donors (Lipinski definition) is 0. The Balaban J connectivity index is 2.76. The predicted octanol–water partition coefficient (Wildman–Crippen LogP) is 1.64. The molecular formula is C10H9ClN2O. The summed E-state index contributed by atoms with van der Waals surface area (Å²) in [5.41, 5.74) is 1.54. The topological polar surface area (TPSA) is 34.9 Å². The van der Waals surface area contributed by atoms with E-state index >= 15 is 0 Å². The fourth-order valence-electron chi connectivity index (χ4n) is 1.43. The van der Waals surface area contributed by atoms with Gasteiger partial charge >= 0.3 is 0 Å². The first-order valence-electron chi connectivity index (χ1n) is 4.33. The lowest BCUT2D eigenvalue weighted by Crippen LogP contribution is -2.21. The molecule has 0 radical (unpaired) electrons. The van der Waals surface area contributed by atoms with Crippen molar-refractivity contribution in [3.63, 3.8) is 0 Å². The number of halogens is 1. The molecule has 0 atom stereocenters. The van der Waals surface area contributed by atoms with Crippen molar-refractivity contribution in [3.05, 3.63) is 40.8 Å². The summed E-state index contributed by atoms with van der Waals surface area (Å²) in [6, 6.07) is 7.52. The molecule has 3 nitrogen and oxygen atoms in total. The number of alkyl halides is 1. The molecule has 1 aromatic heterocycles. The molecular weight excluding hydrogens is 200 g/mol. The van der Waals surface area contributed by atoms with Gasteiger partial charge in [0.1, 0.15) is 0 Å². The molecule has 0 N–H and O–H groups in total. The maximum atomic E-state index is 11.5. The molecule has 0 saturated heterocycles. The summed E-state index contributed by atoms with van der Waals surface area (Å²) < 4.78 is 1.63. The van der Waals surface area contributed by atoms with Crippen LogP contribution in [0, 0.1) is 0 Å². The van der Waals surface area contributed by atoms with Gasteiger partial charge in [-0.05, 0) is 12.1 Å². The molecule has 72 valence electrons. The lowest BCUT2D eigenvalue weighted by atomic mass is 10.3. The molecule has 0 aliphatic heterocycles. The van der Waals surface area contributed by atoms with E-state index < -0.39 is 0 Å². The number of para-hydroxylation sites is 2. The molecule has 0 aliphatic rings. The molecule has 1 heterocycles. The van der Waals surface area contributed by atoms with E-state index in [0.29, 0.717) is 12.4 Å². The van der Waals surface area contributed by atoms with Crippen LogP contribution < -0.4 is 5.56 Å². The first-order chi connectivity index (χ1) is 6.83. The van der Waals surface area contributed by atoms with Gasteiger partial charge in [0, 0.05) is 12.4 Å². The van der Waals surface area contributed by atoms with Gasteiger partial charge in [0.25, 0.3) is 5.56 Å². The van der Waals surface area contributed by atoms with E-state index in [1.54, 1.807) is 4.57 Å². The number of aryl methyl sites for hydroxylation is 1. The largest absolute Gasteiger partial charge is 0.304 e. The van der Waals surface area contributed by atoms with Crippen molar-refractivity contribution >= 4 is 22.6 Å². The quantitative estimate of drug-likeness (QED) is 0.704. The lowest BCUT2D eigenvalue weighted by molar-refractivity contribution is 0.758. The molecule has 4 heteroatoms. The number of aromatic nitrogens is 2. The SMILES string of the molecule is O=c1cnc2ccccc2n1CCCl. The minimum absolute atomic E-state index is 0.107. The predicted molar refractivity (Wildman–Crippen MR) is 56.7 cm³/mol. The lowest BCUT2D eigenvalue weighted by Gasteiger charge is -2.06. The first-order valence-corrected chi connectivity index (χ1v) is 4.87. The highest BCUT2D eigenvalue weighted by Gasteiger charge is 2.01. The molecule has 14 heavy (non-hydrogen) atoms. The highest BCUT2D eigenvalue weighted by atomic mass is 35.5. The second-order valence-corrected chi connectivity index (χ2v) is 3.30. The summed E-state index contributed by atoms with van der Waals surface area (Å²) in [7, 11) is 0. The van der Waals surface area contributed by atoms with Gasteiger partial charge in [-0.25, -0.2) is 4.98 Å². The van der Waals surface area contributed by atoms with Crippen LogP contribution in [0.15, 0.2) is 35.3 Å². The summed E-state index contributed by atoms with van der Waals surface area (Å²) in [6.07, 6.45) is 1.33. The van der Waals surface area contributed by atoms with Crippen LogP contribution in [0.5, 0.6) is 0 Å². The number of rotatable bonds is 2. The number of hydrogen-bond acceptors (Lipinski definition) is 2. The summed E-state index contributed by atoms with van der Waals surface area (Å²) in [6.45, 7) is 0.517. The Hall–Kier alpha value is -1.35. The van der Waals surface area contributed by atoms with Crippen molar-refractivity contribution in [2.45, 2.75) is 6.54 Å². The van der Waals surface area contributed by atoms with Crippen LogP contribution in [0.1, 0.15) is 0 Å². The van der Waals surface area contributed by atoms with Crippen LogP contribution in [0.2, 0.25) is 0 Å². The molecule has 0 fully saturated rings. The van der Waals surface area contributed by atoms with Gasteiger partial charge in [-0.1, -0.05) is 12.1 Å². The molecule has 1 aromatic carbocycles. The van der Waals surface area contributed by atoms with Crippen LogP contribution >= 0.6 is 11.6 Å². The van der Waals surface area contributed by atoms with E-state index in [1.807, 2.05) is 24.3 Å². The van der Waals surface area contributed by atoms with Crippen LogP contribution in [0.4, 0.5) is 0 Å². The Morgan fingerprint density at radius 2 is 2.14 bits per heavy atom. The monoisotopic (exact) mass is 208 g/mol. The Bertz CT molecular complexity index is 507. The van der Waals surface area contributed by atoms with Gasteiger partial charge in [-0.2, -0.15) is 0 Å². The summed E-state index contributed by atoms with van der Waals surface area (Å²) in [5, 5.41) is 0. The van der Waals surface area contributed by atoms with E-state index in [1.165, 1.54) is 6.20 Å². The molecule has 0 unspecified atom stereocenters.